The fourth-order valence-electron chi connectivity index (χ4n) is 9.33. The lowest BCUT2D eigenvalue weighted by molar-refractivity contribution is 0.589. The summed E-state index contributed by atoms with van der Waals surface area (Å²) >= 11 is 0. The molecule has 0 unspecified atom stereocenters. The highest BCUT2D eigenvalue weighted by Gasteiger charge is 2.37. The molecule has 0 spiro atoms. The van der Waals surface area contributed by atoms with Gasteiger partial charge in [-0.1, -0.05) is 120 Å². The van der Waals surface area contributed by atoms with Crippen LogP contribution in [0.4, 0.5) is 17.1 Å². The largest absolute Gasteiger partial charge is 0.443 e. The molecule has 9 aromatic rings. The van der Waals surface area contributed by atoms with Crippen molar-refractivity contribution in [3.8, 4) is 22.8 Å². The molecule has 290 valence electrons. The molecule has 0 saturated heterocycles. The summed E-state index contributed by atoms with van der Waals surface area (Å²) in [6, 6.07) is 52.0. The van der Waals surface area contributed by atoms with Crippen molar-refractivity contribution in [2.24, 2.45) is 0 Å². The predicted octanol–water partition coefficient (Wildman–Crippen LogP) is 11.9. The van der Waals surface area contributed by atoms with Gasteiger partial charge in [0.2, 0.25) is 0 Å². The molecule has 0 amide bonds. The minimum atomic E-state index is -0.888. The number of fused-ring (bicyclic) bond motifs is 6. The lowest BCUT2D eigenvalue weighted by atomic mass is 9.52. The number of nitrogens with zero attached hydrogens (tertiary/aromatic N) is 4. The summed E-state index contributed by atoms with van der Waals surface area (Å²) in [6.45, 7) is 17.0. The lowest BCUT2D eigenvalue weighted by Gasteiger charge is -2.28. The van der Waals surface area contributed by atoms with Crippen molar-refractivity contribution in [1.29, 1.82) is 0 Å². The van der Waals surface area contributed by atoms with Gasteiger partial charge in [-0.15, -0.1) is 0 Å². The highest BCUT2D eigenvalue weighted by Crippen LogP contribution is 2.43. The van der Waals surface area contributed by atoms with Crippen LogP contribution in [0.5, 0.6) is 0 Å². The van der Waals surface area contributed by atoms with Crippen molar-refractivity contribution in [3.63, 3.8) is 0 Å². The summed E-state index contributed by atoms with van der Waals surface area (Å²) in [6.07, 6.45) is 0. The van der Waals surface area contributed by atoms with Gasteiger partial charge < -0.3 is 14.5 Å². The van der Waals surface area contributed by atoms with E-state index in [9.17, 15) is 5.02 Å². The molecule has 3 heterocycles. The van der Waals surface area contributed by atoms with E-state index in [2.05, 4.69) is 215 Å². The van der Waals surface area contributed by atoms with Gasteiger partial charge in [-0.2, -0.15) is 0 Å². The first-order valence-electron chi connectivity index (χ1n) is 20.7. The number of anilines is 3. The second kappa shape index (κ2) is 13.3. The molecule has 1 aliphatic heterocycles. The smallest absolute Gasteiger partial charge is 0.365 e. The normalized spacial score (nSPS) is 12.8. The van der Waals surface area contributed by atoms with Crippen molar-refractivity contribution >= 4 is 67.7 Å². The summed E-state index contributed by atoms with van der Waals surface area (Å²) in [5.74, 6) is 0.844. The Labute approximate surface area is 347 Å². The minimum absolute atomic E-state index is 0.0140. The quantitative estimate of drug-likeness (QED) is 0.177. The van der Waals surface area contributed by atoms with Gasteiger partial charge >= 0.3 is 6.92 Å². The standard InChI is InChI=1S/C53H49BN4O/c1-33-18-15-19-34(2)47(33)51-55-49-45(56(37-20-11-9-12-21-37)38-22-13-10-14-23-38)26-17-27-46(49)58(51)44-25-16-24-43-48(44)54(59)41-32-36(53(6,7)8)31-40-39-30-35(52(3,4)5)28-29-42(39)57(43)50(40)41/h9-32,59H,1-8H3. The van der Waals surface area contributed by atoms with Crippen LogP contribution >= 0.6 is 0 Å². The minimum Gasteiger partial charge on any atom is -0.443 e. The van der Waals surface area contributed by atoms with E-state index < -0.39 is 6.92 Å². The van der Waals surface area contributed by atoms with E-state index in [0.29, 0.717) is 0 Å². The molecule has 7 aromatic carbocycles. The zero-order chi connectivity index (χ0) is 41.0. The van der Waals surface area contributed by atoms with E-state index in [1.54, 1.807) is 0 Å². The Kier molecular flexibility index (Phi) is 8.35. The van der Waals surface area contributed by atoms with Crippen molar-refractivity contribution in [2.75, 3.05) is 4.90 Å². The van der Waals surface area contributed by atoms with Crippen molar-refractivity contribution in [2.45, 2.75) is 66.2 Å². The summed E-state index contributed by atoms with van der Waals surface area (Å²) in [5.41, 5.74) is 16.5. The second-order valence-electron chi connectivity index (χ2n) is 18.3. The third-order valence-corrected chi connectivity index (χ3v) is 12.4. The summed E-state index contributed by atoms with van der Waals surface area (Å²) in [4.78, 5) is 7.96. The number of hydrogen-bond acceptors (Lipinski definition) is 3. The van der Waals surface area contributed by atoms with Crippen LogP contribution in [0.3, 0.4) is 0 Å². The fourth-order valence-corrected chi connectivity index (χ4v) is 9.33. The number of imidazole rings is 1. The molecule has 1 N–H and O–H groups in total. The van der Waals surface area contributed by atoms with Crippen LogP contribution in [0.2, 0.25) is 0 Å². The van der Waals surface area contributed by atoms with Crippen LogP contribution in [0.15, 0.2) is 146 Å². The third kappa shape index (κ3) is 5.76. The molecular weight excluding hydrogens is 719 g/mol. The van der Waals surface area contributed by atoms with Crippen LogP contribution in [0, 0.1) is 13.8 Å². The molecule has 1 aliphatic rings. The van der Waals surface area contributed by atoms with E-state index in [4.69, 9.17) is 4.98 Å². The van der Waals surface area contributed by atoms with Gasteiger partial charge in [0.05, 0.1) is 22.2 Å². The number of benzene rings is 7. The van der Waals surface area contributed by atoms with Gasteiger partial charge in [0.1, 0.15) is 11.3 Å². The van der Waals surface area contributed by atoms with Crippen LogP contribution in [-0.2, 0) is 10.8 Å². The van der Waals surface area contributed by atoms with Gasteiger partial charge in [-0.05, 0) is 119 Å². The zero-order valence-corrected chi connectivity index (χ0v) is 35.2. The number of para-hydroxylation sites is 3. The Balaban J connectivity index is 1.32. The van der Waals surface area contributed by atoms with Crippen molar-refractivity contribution < 1.29 is 5.02 Å². The molecule has 0 fully saturated rings. The molecule has 0 bridgehead atoms. The van der Waals surface area contributed by atoms with Gasteiger partial charge in [0.15, 0.2) is 0 Å². The molecule has 0 saturated carbocycles. The maximum Gasteiger partial charge on any atom is 0.365 e. The maximum atomic E-state index is 13.0. The van der Waals surface area contributed by atoms with Crippen molar-refractivity contribution in [3.05, 3.63) is 168 Å². The second-order valence-corrected chi connectivity index (χ2v) is 18.3. The van der Waals surface area contributed by atoms with Gasteiger partial charge in [-0.25, -0.2) is 4.98 Å². The molecule has 5 nitrogen and oxygen atoms in total. The summed E-state index contributed by atoms with van der Waals surface area (Å²) < 4.78 is 4.71. The molecule has 0 atom stereocenters. The SMILES string of the molecule is Cc1cccc(C)c1-c1nc2c(N(c3ccccc3)c3ccccc3)cccc2n1-c1cccc2c1B(O)c1cc(C(C)(C)C)cc3c4cc(C(C)(C)C)ccc4n-2c13. The fraction of sp³-hybridized carbons (Fsp3) is 0.189. The Hall–Kier alpha value is -6.37. The Morgan fingerprint density at radius 2 is 1.14 bits per heavy atom. The van der Waals surface area contributed by atoms with Crippen LogP contribution in [-0.4, -0.2) is 26.1 Å². The van der Waals surface area contributed by atoms with E-state index in [0.717, 1.165) is 83.9 Å². The molecule has 2 aromatic heterocycles. The summed E-state index contributed by atoms with van der Waals surface area (Å²) in [7, 11) is 0. The van der Waals surface area contributed by atoms with Crippen LogP contribution in [0.25, 0.3) is 55.6 Å². The average molecular weight is 769 g/mol. The highest BCUT2D eigenvalue weighted by molar-refractivity contribution is 6.83. The Morgan fingerprint density at radius 1 is 0.559 bits per heavy atom. The number of aryl methyl sites for hydroxylation is 2. The Bertz CT molecular complexity index is 3050. The predicted molar refractivity (Wildman–Crippen MR) is 250 cm³/mol. The van der Waals surface area contributed by atoms with Crippen LogP contribution in [0.1, 0.15) is 63.8 Å². The summed E-state index contributed by atoms with van der Waals surface area (Å²) in [5, 5.41) is 15.4. The number of aromatic nitrogens is 3. The number of hydrogen-bond donors (Lipinski definition) is 1. The molecule has 10 rings (SSSR count). The molecular formula is C53H49BN4O. The first kappa shape index (κ1) is 36.9. The van der Waals surface area contributed by atoms with Gasteiger partial charge in [-0.3, -0.25) is 4.57 Å². The van der Waals surface area contributed by atoms with E-state index in [1.807, 2.05) is 0 Å². The highest BCUT2D eigenvalue weighted by atomic mass is 16.2. The van der Waals surface area contributed by atoms with Gasteiger partial charge in [0.25, 0.3) is 0 Å². The zero-order valence-electron chi connectivity index (χ0n) is 35.2. The maximum absolute atomic E-state index is 13.0. The Morgan fingerprint density at radius 3 is 1.76 bits per heavy atom. The topological polar surface area (TPSA) is 46.2 Å². The number of rotatable bonds is 5. The van der Waals surface area contributed by atoms with E-state index in [1.165, 1.54) is 21.9 Å². The van der Waals surface area contributed by atoms with Crippen molar-refractivity contribution in [1.82, 2.24) is 14.1 Å². The lowest BCUT2D eigenvalue weighted by Crippen LogP contribution is -2.50. The first-order valence-corrected chi connectivity index (χ1v) is 20.7. The molecule has 59 heavy (non-hydrogen) atoms. The molecule has 0 aliphatic carbocycles. The molecule has 6 heteroatoms. The van der Waals surface area contributed by atoms with E-state index in [-0.39, 0.29) is 10.8 Å². The molecule has 0 radical (unpaired) electrons. The van der Waals surface area contributed by atoms with E-state index >= 15 is 0 Å². The third-order valence-electron chi connectivity index (χ3n) is 12.4. The van der Waals surface area contributed by atoms with Gasteiger partial charge in [0, 0.05) is 44.5 Å². The first-order chi connectivity index (χ1) is 28.3. The monoisotopic (exact) mass is 768 g/mol. The average Bonchev–Trinajstić information content (AvgIpc) is 3.76. The van der Waals surface area contributed by atoms with Crippen LogP contribution < -0.4 is 15.8 Å².